The zero-order valence-electron chi connectivity index (χ0n) is 73.2. The van der Waals surface area contributed by atoms with E-state index in [1.807, 2.05) is 317 Å². The van der Waals surface area contributed by atoms with Crippen LogP contribution in [0.4, 0.5) is 69.0 Å². The molecule has 24 nitrogen and oxygen atoms in total. The van der Waals surface area contributed by atoms with Crippen molar-refractivity contribution in [2.24, 2.45) is 18.9 Å². The molecule has 30 heteroatoms. The number of imidazole rings is 6. The van der Waals surface area contributed by atoms with Crippen LogP contribution in [-0.2, 0) is 33.2 Å². The smallest absolute Gasteiger partial charge is 0.141 e. The molecule has 1 aliphatic carbocycles. The summed E-state index contributed by atoms with van der Waals surface area (Å²) in [5, 5.41) is 23.8. The van der Waals surface area contributed by atoms with Crippen molar-refractivity contribution < 1.29 is 0 Å². The third-order valence-corrected chi connectivity index (χ3v) is 21.8. The van der Waals surface area contributed by atoms with Crippen LogP contribution in [0.25, 0.3) is 68.3 Å². The van der Waals surface area contributed by atoms with Crippen LogP contribution in [0.5, 0.6) is 0 Å². The summed E-state index contributed by atoms with van der Waals surface area (Å²) in [6, 6.07) is 69.4. The minimum absolute atomic E-state index is 0.365. The molecule has 0 aliphatic heterocycles. The van der Waals surface area contributed by atoms with Crippen molar-refractivity contribution in [3.63, 3.8) is 0 Å². The van der Waals surface area contributed by atoms with Gasteiger partial charge in [-0.2, -0.15) is 0 Å². The SMILES string of the molecule is CC(C)Cn1ccnc1-c1ccc(Nc2ccc(Cl)cc2)nc1.CC(C)n1ccnc1-c1ccc(Nc2ccc(Cl)cc2)nc1.CCCn1ccnc1-c1ccc(Nc2ccc(Cl)cc2)nc1.CCn1ccnc1-c1ccc(Nc2ccc(Cl)cc2)nc1.Clc1ccc(Nc2ccc(-c3nccn3CC3CC3)cn2)cc1.Cn1ccnc1-c1ccc(Nc2ccc(Cl)cc2)nc1. The first-order valence-corrected chi connectivity index (χ1v) is 45.0. The van der Waals surface area contributed by atoms with Gasteiger partial charge in [0.2, 0.25) is 0 Å². The highest BCUT2D eigenvalue weighted by atomic mass is 35.5. The molecule has 0 saturated heterocycles. The molecule has 0 atom stereocenters. The van der Waals surface area contributed by atoms with Crippen molar-refractivity contribution >= 4 is 139 Å². The highest BCUT2D eigenvalue weighted by Gasteiger charge is 2.23. The molecular formula is C101H98Cl6N24. The largest absolute Gasteiger partial charge is 0.340 e. The van der Waals surface area contributed by atoms with Gasteiger partial charge in [-0.15, -0.1) is 0 Å². The van der Waals surface area contributed by atoms with Crippen molar-refractivity contribution in [2.45, 2.75) is 93.0 Å². The van der Waals surface area contributed by atoms with Crippen LogP contribution in [0.3, 0.4) is 0 Å². The average molecular weight is 1860 g/mol. The first-order valence-electron chi connectivity index (χ1n) is 42.8. The number of hydrogen-bond acceptors (Lipinski definition) is 18. The molecule has 1 fully saturated rings. The van der Waals surface area contributed by atoms with E-state index in [1.54, 1.807) is 18.6 Å². The summed E-state index contributed by atoms with van der Waals surface area (Å²) in [7, 11) is 1.96. The minimum atomic E-state index is 0.365. The number of nitrogens with zero attached hydrogens (tertiary/aromatic N) is 18. The Hall–Kier alpha value is -14.0. The third-order valence-electron chi connectivity index (χ3n) is 20.3. The van der Waals surface area contributed by atoms with Gasteiger partial charge in [0.15, 0.2) is 0 Å². The Kier molecular flexibility index (Phi) is 33.0. The van der Waals surface area contributed by atoms with Crippen LogP contribution in [0.1, 0.15) is 66.8 Å². The standard InChI is InChI=1S/C18H17ClN4.C18H19ClN4.2C17H17ClN4.C16H15ClN4.C15H13ClN4/c19-15-4-6-16(7-5-15)22-17-8-3-14(11-21-17)18-20-9-10-23(18)12-13-1-2-13;1-13(2)12-23-10-9-20-18(23)14-3-8-17(21-11-14)22-16-6-4-15(19)5-7-16;1-12(2)22-10-9-19-17(22)13-3-8-16(20-11-13)21-15-6-4-14(18)5-7-15;1-2-10-22-11-9-19-17(22)13-3-8-16(20-12-13)21-15-6-4-14(18)5-7-15;1-2-21-10-9-18-16(21)12-3-8-15(19-11-12)20-14-6-4-13(17)5-7-14;1-20-9-8-17-15(20)11-2-7-14(18-10-11)19-13-5-3-12(16)4-6-13/h3-11,13H,1-2,12H2,(H,21,22);3-11,13H,12H2,1-2H3,(H,21,22);3-12H,1-2H3,(H,20,21);3-9,11-12H,2,10H2,1H3,(H,20,21);3-11H,2H2,1H3,(H,19,20);2-10H,1H3,(H,18,19). The summed E-state index contributed by atoms with van der Waals surface area (Å²) < 4.78 is 12.7. The Morgan fingerprint density at radius 2 is 0.550 bits per heavy atom. The number of nitrogens with one attached hydrogen (secondary N) is 6. The molecule has 12 aromatic heterocycles. The molecule has 0 radical (unpaired) electrons. The monoisotopic (exact) mass is 1860 g/mol. The van der Waals surface area contributed by atoms with E-state index in [0.29, 0.717) is 17.0 Å². The summed E-state index contributed by atoms with van der Waals surface area (Å²) in [6.45, 7) is 16.8. The molecule has 1 saturated carbocycles. The van der Waals surface area contributed by atoms with Gasteiger partial charge in [0.25, 0.3) is 0 Å². The van der Waals surface area contributed by atoms with Gasteiger partial charge in [-0.25, -0.2) is 59.8 Å². The third kappa shape index (κ3) is 27.5. The second kappa shape index (κ2) is 46.3. The Morgan fingerprint density at radius 3 is 0.832 bits per heavy atom. The average Bonchev–Trinajstić information content (AvgIpc) is 1.80. The number of aromatic nitrogens is 18. The molecule has 131 heavy (non-hydrogen) atoms. The van der Waals surface area contributed by atoms with E-state index >= 15 is 0 Å². The van der Waals surface area contributed by atoms with E-state index in [2.05, 4.69) is 162 Å². The van der Waals surface area contributed by atoms with Gasteiger partial charge < -0.3 is 59.3 Å². The van der Waals surface area contributed by atoms with Crippen molar-refractivity contribution in [3.05, 3.63) is 360 Å². The summed E-state index contributed by atoms with van der Waals surface area (Å²) >= 11 is 35.3. The van der Waals surface area contributed by atoms with Gasteiger partial charge in [0.05, 0.1) is 0 Å². The van der Waals surface area contributed by atoms with Crippen LogP contribution >= 0.6 is 69.6 Å². The van der Waals surface area contributed by atoms with Crippen molar-refractivity contribution in [1.29, 1.82) is 0 Å². The van der Waals surface area contributed by atoms with E-state index in [9.17, 15) is 0 Å². The fraction of sp³-hybridized carbons (Fsp3) is 0.168. The Balaban J connectivity index is 0.000000127. The predicted octanol–water partition coefficient (Wildman–Crippen LogP) is 27.7. The molecule has 0 amide bonds. The normalized spacial score (nSPS) is 11.3. The Morgan fingerprint density at radius 1 is 0.290 bits per heavy atom. The second-order valence-electron chi connectivity index (χ2n) is 31.1. The van der Waals surface area contributed by atoms with Gasteiger partial charge >= 0.3 is 0 Å². The lowest BCUT2D eigenvalue weighted by Crippen LogP contribution is -2.05. The van der Waals surface area contributed by atoms with E-state index in [1.165, 1.54) is 12.8 Å². The van der Waals surface area contributed by atoms with Crippen LogP contribution in [0, 0.1) is 11.8 Å². The van der Waals surface area contributed by atoms with Gasteiger partial charge in [-0.1, -0.05) is 90.4 Å². The van der Waals surface area contributed by atoms with Crippen LogP contribution < -0.4 is 31.9 Å². The number of hydrogen-bond donors (Lipinski definition) is 6. The number of rotatable bonds is 26. The zero-order chi connectivity index (χ0) is 91.4. The van der Waals surface area contributed by atoms with Crippen molar-refractivity contribution in [1.82, 2.24) is 87.2 Å². The van der Waals surface area contributed by atoms with E-state index < -0.39 is 0 Å². The van der Waals surface area contributed by atoms with E-state index in [0.717, 1.165) is 201 Å². The molecule has 0 spiro atoms. The topological polar surface area (TPSA) is 256 Å². The van der Waals surface area contributed by atoms with Gasteiger partial charge in [-0.05, 0) is 270 Å². The number of pyridine rings is 6. The lowest BCUT2D eigenvalue weighted by Gasteiger charge is -2.11. The molecule has 12 heterocycles. The summed E-state index contributed by atoms with van der Waals surface area (Å²) in [4.78, 5) is 53.1. The molecule has 18 aromatic rings. The number of anilines is 12. The van der Waals surface area contributed by atoms with Crippen LogP contribution in [-0.4, -0.2) is 87.2 Å². The van der Waals surface area contributed by atoms with E-state index in [-0.39, 0.29) is 0 Å². The van der Waals surface area contributed by atoms with Crippen LogP contribution in [0.2, 0.25) is 30.1 Å². The molecule has 1 aliphatic rings. The quantitative estimate of drug-likeness (QED) is 0.0294. The van der Waals surface area contributed by atoms with Crippen LogP contribution in [0.15, 0.2) is 330 Å². The Labute approximate surface area is 792 Å². The zero-order valence-corrected chi connectivity index (χ0v) is 77.7. The molecular weight excluding hydrogens is 1760 g/mol. The second-order valence-corrected chi connectivity index (χ2v) is 33.7. The molecule has 19 rings (SSSR count). The highest BCUT2D eigenvalue weighted by molar-refractivity contribution is 6.32. The van der Waals surface area contributed by atoms with Gasteiger partial charge in [0, 0.05) is 248 Å². The van der Waals surface area contributed by atoms with Crippen molar-refractivity contribution in [3.8, 4) is 68.3 Å². The minimum Gasteiger partial charge on any atom is -0.340 e. The lowest BCUT2D eigenvalue weighted by atomic mass is 10.2. The molecule has 6 aromatic carbocycles. The van der Waals surface area contributed by atoms with Crippen molar-refractivity contribution in [2.75, 3.05) is 31.9 Å². The maximum absolute atomic E-state index is 5.89. The maximum Gasteiger partial charge on any atom is 0.141 e. The molecule has 0 bridgehead atoms. The fourth-order valence-electron chi connectivity index (χ4n) is 13.5. The van der Waals surface area contributed by atoms with E-state index in [4.69, 9.17) is 69.6 Å². The number of aryl methyl sites for hydroxylation is 3. The molecule has 664 valence electrons. The lowest BCUT2D eigenvalue weighted by molar-refractivity contribution is 0.526. The molecule has 6 N–H and O–H groups in total. The summed E-state index contributed by atoms with van der Waals surface area (Å²) in [5.74, 6) is 11.8. The predicted molar refractivity (Wildman–Crippen MR) is 536 cm³/mol. The fourth-order valence-corrected chi connectivity index (χ4v) is 14.3. The number of halogens is 6. The van der Waals surface area contributed by atoms with Gasteiger partial charge in [-0.3, -0.25) is 0 Å². The summed E-state index contributed by atoms with van der Waals surface area (Å²) in [6.07, 6.45) is 37.6. The summed E-state index contributed by atoms with van der Waals surface area (Å²) in [5.41, 5.74) is 11.8. The first-order chi connectivity index (χ1) is 63.8. The first kappa shape index (κ1) is 93.2. The highest BCUT2D eigenvalue weighted by Crippen LogP contribution is 2.34. The Bertz CT molecular complexity index is 6370. The molecule has 0 unspecified atom stereocenters. The maximum atomic E-state index is 5.89. The number of benzene rings is 6. The van der Waals surface area contributed by atoms with Gasteiger partial charge in [0.1, 0.15) is 69.9 Å².